The number of hydrogen-bond acceptors (Lipinski definition) is 4. The fourth-order valence-corrected chi connectivity index (χ4v) is 1.83. The minimum Gasteiger partial charge on any atom is -0.480 e. The SMILES string of the molecule is O=C(O)CN1CCN(c2cccnc2)C(=O)C1. The summed E-state index contributed by atoms with van der Waals surface area (Å²) in [6.45, 7) is 1.11. The maximum atomic E-state index is 11.9. The van der Waals surface area contributed by atoms with E-state index in [0.717, 1.165) is 5.69 Å². The fraction of sp³-hybridized carbons (Fsp3) is 0.364. The van der Waals surface area contributed by atoms with Crippen LogP contribution < -0.4 is 4.90 Å². The van der Waals surface area contributed by atoms with E-state index >= 15 is 0 Å². The molecule has 1 amide bonds. The first-order valence-electron chi connectivity index (χ1n) is 5.31. The molecule has 1 N–H and O–H groups in total. The lowest BCUT2D eigenvalue weighted by Crippen LogP contribution is -2.51. The van der Waals surface area contributed by atoms with Gasteiger partial charge in [-0.1, -0.05) is 0 Å². The van der Waals surface area contributed by atoms with Gasteiger partial charge in [-0.15, -0.1) is 0 Å². The first-order chi connectivity index (χ1) is 8.16. The average molecular weight is 235 g/mol. The van der Waals surface area contributed by atoms with Gasteiger partial charge in [0.15, 0.2) is 0 Å². The molecule has 0 spiro atoms. The van der Waals surface area contributed by atoms with Gasteiger partial charge in [0.2, 0.25) is 5.91 Å². The number of carbonyl (C=O) groups is 2. The van der Waals surface area contributed by atoms with Crippen LogP contribution in [0.15, 0.2) is 24.5 Å². The van der Waals surface area contributed by atoms with Crippen LogP contribution in [0.4, 0.5) is 5.69 Å². The number of aliphatic carboxylic acids is 1. The number of aromatic nitrogens is 1. The van der Waals surface area contributed by atoms with Gasteiger partial charge < -0.3 is 10.0 Å². The quantitative estimate of drug-likeness (QED) is 0.786. The highest BCUT2D eigenvalue weighted by atomic mass is 16.4. The Labute approximate surface area is 98.5 Å². The summed E-state index contributed by atoms with van der Waals surface area (Å²) in [4.78, 5) is 29.6. The molecule has 1 aromatic rings. The standard InChI is InChI=1S/C11H13N3O3/c15-10-7-13(8-11(16)17)4-5-14(10)9-2-1-3-12-6-9/h1-3,6H,4-5,7-8H2,(H,16,17). The summed E-state index contributed by atoms with van der Waals surface area (Å²) < 4.78 is 0. The molecule has 0 saturated carbocycles. The molecule has 2 heterocycles. The number of pyridine rings is 1. The first-order valence-corrected chi connectivity index (χ1v) is 5.31. The predicted molar refractivity (Wildman–Crippen MR) is 60.7 cm³/mol. The maximum Gasteiger partial charge on any atom is 0.317 e. The van der Waals surface area contributed by atoms with E-state index in [1.165, 1.54) is 0 Å². The van der Waals surface area contributed by atoms with Crippen LogP contribution in [0.1, 0.15) is 0 Å². The molecule has 1 aromatic heterocycles. The van der Waals surface area contributed by atoms with Crippen molar-refractivity contribution in [1.82, 2.24) is 9.88 Å². The van der Waals surface area contributed by atoms with Crippen LogP contribution in [0.25, 0.3) is 0 Å². The molecule has 0 atom stereocenters. The van der Waals surface area contributed by atoms with Gasteiger partial charge in [-0.3, -0.25) is 19.5 Å². The van der Waals surface area contributed by atoms with E-state index in [2.05, 4.69) is 4.98 Å². The van der Waals surface area contributed by atoms with Gasteiger partial charge >= 0.3 is 5.97 Å². The van der Waals surface area contributed by atoms with Crippen molar-refractivity contribution in [3.63, 3.8) is 0 Å². The fourth-order valence-electron chi connectivity index (χ4n) is 1.83. The smallest absolute Gasteiger partial charge is 0.317 e. The normalized spacial score (nSPS) is 17.2. The number of hydrogen-bond donors (Lipinski definition) is 1. The second kappa shape index (κ2) is 4.92. The molecule has 2 rings (SSSR count). The Kier molecular flexibility index (Phi) is 3.34. The lowest BCUT2D eigenvalue weighted by molar-refractivity contribution is -0.138. The highest BCUT2D eigenvalue weighted by Crippen LogP contribution is 2.15. The van der Waals surface area contributed by atoms with Gasteiger partial charge in [0.25, 0.3) is 0 Å². The molecule has 0 aliphatic carbocycles. The van der Waals surface area contributed by atoms with Gasteiger partial charge in [-0.25, -0.2) is 0 Å². The minimum atomic E-state index is -0.910. The molecule has 0 radical (unpaired) electrons. The topological polar surface area (TPSA) is 73.7 Å². The number of amides is 1. The summed E-state index contributed by atoms with van der Waals surface area (Å²) in [5.74, 6) is -1.00. The maximum absolute atomic E-state index is 11.9. The molecule has 0 aromatic carbocycles. The lowest BCUT2D eigenvalue weighted by Gasteiger charge is -2.33. The number of carboxylic acids is 1. The molecular formula is C11H13N3O3. The van der Waals surface area contributed by atoms with Gasteiger partial charge in [0, 0.05) is 19.3 Å². The molecule has 1 fully saturated rings. The highest BCUT2D eigenvalue weighted by molar-refractivity contribution is 5.95. The number of anilines is 1. The van der Waals surface area contributed by atoms with Gasteiger partial charge in [-0.2, -0.15) is 0 Å². The second-order valence-electron chi connectivity index (χ2n) is 3.86. The zero-order valence-corrected chi connectivity index (χ0v) is 9.24. The molecule has 1 aliphatic heterocycles. The Morgan fingerprint density at radius 2 is 2.29 bits per heavy atom. The van der Waals surface area contributed by atoms with Crippen molar-refractivity contribution in [2.24, 2.45) is 0 Å². The number of rotatable bonds is 3. The zero-order chi connectivity index (χ0) is 12.3. The van der Waals surface area contributed by atoms with Crippen LogP contribution in [-0.2, 0) is 9.59 Å². The molecule has 1 aliphatic rings. The summed E-state index contributed by atoms with van der Waals surface area (Å²) in [6.07, 6.45) is 3.28. The third-order valence-electron chi connectivity index (χ3n) is 2.62. The summed E-state index contributed by atoms with van der Waals surface area (Å²) in [6, 6.07) is 3.59. The van der Waals surface area contributed by atoms with Gasteiger partial charge in [0.05, 0.1) is 25.0 Å². The van der Waals surface area contributed by atoms with E-state index in [4.69, 9.17) is 5.11 Å². The number of piperazine rings is 1. The summed E-state index contributed by atoms with van der Waals surface area (Å²) in [7, 11) is 0. The van der Waals surface area contributed by atoms with Crippen LogP contribution in [0.3, 0.4) is 0 Å². The highest BCUT2D eigenvalue weighted by Gasteiger charge is 2.25. The molecule has 6 nitrogen and oxygen atoms in total. The second-order valence-corrected chi connectivity index (χ2v) is 3.86. The Hall–Kier alpha value is -1.95. The van der Waals surface area contributed by atoms with Crippen LogP contribution in [0, 0.1) is 0 Å². The number of carboxylic acid groups (broad SMARTS) is 1. The van der Waals surface area contributed by atoms with Crippen molar-refractivity contribution in [3.05, 3.63) is 24.5 Å². The Bertz CT molecular complexity index is 421. The van der Waals surface area contributed by atoms with E-state index in [1.54, 1.807) is 28.3 Å². The van der Waals surface area contributed by atoms with Crippen molar-refractivity contribution in [2.45, 2.75) is 0 Å². The third-order valence-corrected chi connectivity index (χ3v) is 2.62. The monoisotopic (exact) mass is 235 g/mol. The molecule has 17 heavy (non-hydrogen) atoms. The first kappa shape index (κ1) is 11.5. The van der Waals surface area contributed by atoms with E-state index in [1.807, 2.05) is 6.07 Å². The van der Waals surface area contributed by atoms with Crippen LogP contribution >= 0.6 is 0 Å². The molecule has 90 valence electrons. The van der Waals surface area contributed by atoms with Crippen molar-refractivity contribution in [2.75, 3.05) is 31.1 Å². The summed E-state index contributed by atoms with van der Waals surface area (Å²) in [5, 5.41) is 8.66. The van der Waals surface area contributed by atoms with E-state index in [-0.39, 0.29) is 19.0 Å². The van der Waals surface area contributed by atoms with Crippen molar-refractivity contribution in [3.8, 4) is 0 Å². The number of carbonyl (C=O) groups excluding carboxylic acids is 1. The molecular weight excluding hydrogens is 222 g/mol. The molecule has 6 heteroatoms. The zero-order valence-electron chi connectivity index (χ0n) is 9.24. The van der Waals surface area contributed by atoms with Crippen LogP contribution in [0.2, 0.25) is 0 Å². The molecule has 1 saturated heterocycles. The van der Waals surface area contributed by atoms with Crippen molar-refractivity contribution in [1.29, 1.82) is 0 Å². The summed E-state index contributed by atoms with van der Waals surface area (Å²) in [5.41, 5.74) is 0.757. The van der Waals surface area contributed by atoms with Crippen molar-refractivity contribution >= 4 is 17.6 Å². The van der Waals surface area contributed by atoms with E-state index in [9.17, 15) is 9.59 Å². The van der Waals surface area contributed by atoms with Crippen LogP contribution in [-0.4, -0.2) is 53.0 Å². The minimum absolute atomic E-state index is 0.0907. The predicted octanol–water partition coefficient (Wildman–Crippen LogP) is -0.185. The van der Waals surface area contributed by atoms with E-state index < -0.39 is 5.97 Å². The number of nitrogens with zero attached hydrogens (tertiary/aromatic N) is 3. The Balaban J connectivity index is 2.02. The Morgan fingerprint density at radius 3 is 2.88 bits per heavy atom. The summed E-state index contributed by atoms with van der Waals surface area (Å²) >= 11 is 0. The van der Waals surface area contributed by atoms with Gasteiger partial charge in [-0.05, 0) is 12.1 Å². The third kappa shape index (κ3) is 2.79. The Morgan fingerprint density at radius 1 is 1.47 bits per heavy atom. The lowest BCUT2D eigenvalue weighted by atomic mass is 10.2. The van der Waals surface area contributed by atoms with Gasteiger partial charge in [0.1, 0.15) is 0 Å². The van der Waals surface area contributed by atoms with Crippen molar-refractivity contribution < 1.29 is 14.7 Å². The molecule has 0 unspecified atom stereocenters. The van der Waals surface area contributed by atoms with Crippen LogP contribution in [0.5, 0.6) is 0 Å². The average Bonchev–Trinajstić information content (AvgIpc) is 2.29. The molecule has 0 bridgehead atoms. The largest absolute Gasteiger partial charge is 0.480 e. The van der Waals surface area contributed by atoms with E-state index in [0.29, 0.717) is 13.1 Å².